The second-order valence-corrected chi connectivity index (χ2v) is 6.68. The number of benzene rings is 2. The minimum absolute atomic E-state index is 0.0192. The Balaban J connectivity index is 1.94. The largest absolute Gasteiger partial charge is 0.377 e. The van der Waals surface area contributed by atoms with Crippen LogP contribution in [0.4, 0.5) is 5.69 Å². The zero-order chi connectivity index (χ0) is 15.4. The number of hydrogen-bond acceptors (Lipinski definition) is 2. The highest BCUT2D eigenvalue weighted by molar-refractivity contribution is 9.10. The number of hydrogen-bond donors (Lipinski definition) is 1. The minimum Gasteiger partial charge on any atom is -0.377 e. The third-order valence-corrected chi connectivity index (χ3v) is 5.06. The SMILES string of the molecule is O=C1CCCCC1C(Nc1ccccc1)c1ccccc1Br. The highest BCUT2D eigenvalue weighted by atomic mass is 79.9. The molecule has 22 heavy (non-hydrogen) atoms. The molecular formula is C19H20BrNO. The highest BCUT2D eigenvalue weighted by Gasteiger charge is 2.32. The van der Waals surface area contributed by atoms with Gasteiger partial charge < -0.3 is 5.32 Å². The average Bonchev–Trinajstić information content (AvgIpc) is 2.55. The van der Waals surface area contributed by atoms with Crippen molar-refractivity contribution >= 4 is 27.4 Å². The first-order valence-corrected chi connectivity index (χ1v) is 8.64. The van der Waals surface area contributed by atoms with Gasteiger partial charge in [-0.05, 0) is 36.6 Å². The van der Waals surface area contributed by atoms with Gasteiger partial charge in [0.1, 0.15) is 5.78 Å². The summed E-state index contributed by atoms with van der Waals surface area (Å²) in [6.07, 6.45) is 3.84. The van der Waals surface area contributed by atoms with Crippen molar-refractivity contribution in [1.82, 2.24) is 0 Å². The third kappa shape index (κ3) is 3.41. The Hall–Kier alpha value is -1.61. The van der Waals surface area contributed by atoms with Crippen molar-refractivity contribution in [3.8, 4) is 0 Å². The van der Waals surface area contributed by atoms with E-state index in [4.69, 9.17) is 0 Å². The van der Waals surface area contributed by atoms with Gasteiger partial charge >= 0.3 is 0 Å². The Bertz CT molecular complexity index is 641. The molecule has 1 aliphatic rings. The monoisotopic (exact) mass is 357 g/mol. The van der Waals surface area contributed by atoms with E-state index in [1.54, 1.807) is 0 Å². The fourth-order valence-corrected chi connectivity index (χ4v) is 3.73. The van der Waals surface area contributed by atoms with Gasteiger partial charge in [0.2, 0.25) is 0 Å². The van der Waals surface area contributed by atoms with Gasteiger partial charge in [0, 0.05) is 22.5 Å². The molecular weight excluding hydrogens is 338 g/mol. The summed E-state index contributed by atoms with van der Waals surface area (Å²) in [5.74, 6) is 0.433. The van der Waals surface area contributed by atoms with Crippen LogP contribution in [0.5, 0.6) is 0 Å². The van der Waals surface area contributed by atoms with Crippen molar-refractivity contribution in [3.63, 3.8) is 0 Å². The average molecular weight is 358 g/mol. The number of nitrogens with one attached hydrogen (secondary N) is 1. The normalized spacial score (nSPS) is 19.7. The molecule has 1 saturated carbocycles. The number of rotatable bonds is 4. The Labute approximate surface area is 140 Å². The van der Waals surface area contributed by atoms with E-state index in [2.05, 4.69) is 39.4 Å². The smallest absolute Gasteiger partial charge is 0.138 e. The molecule has 114 valence electrons. The van der Waals surface area contributed by atoms with Gasteiger partial charge in [-0.1, -0.05) is 58.7 Å². The Morgan fingerprint density at radius 1 is 1.00 bits per heavy atom. The van der Waals surface area contributed by atoms with Gasteiger partial charge in [0.15, 0.2) is 0 Å². The maximum absolute atomic E-state index is 12.5. The van der Waals surface area contributed by atoms with Crippen molar-refractivity contribution in [1.29, 1.82) is 0 Å². The molecule has 2 aromatic rings. The molecule has 0 heterocycles. The number of carbonyl (C=O) groups excluding carboxylic acids is 1. The summed E-state index contributed by atoms with van der Waals surface area (Å²) in [6, 6.07) is 18.4. The fourth-order valence-electron chi connectivity index (χ4n) is 3.20. The van der Waals surface area contributed by atoms with Crippen LogP contribution in [0.1, 0.15) is 37.3 Å². The molecule has 2 unspecified atom stereocenters. The van der Waals surface area contributed by atoms with E-state index in [-0.39, 0.29) is 12.0 Å². The number of para-hydroxylation sites is 1. The van der Waals surface area contributed by atoms with Gasteiger partial charge in [0.25, 0.3) is 0 Å². The first-order valence-electron chi connectivity index (χ1n) is 7.84. The van der Waals surface area contributed by atoms with E-state index in [0.717, 1.165) is 35.0 Å². The van der Waals surface area contributed by atoms with Crippen LogP contribution in [0.15, 0.2) is 59.1 Å². The molecule has 0 radical (unpaired) electrons. The van der Waals surface area contributed by atoms with Crippen molar-refractivity contribution in [3.05, 3.63) is 64.6 Å². The van der Waals surface area contributed by atoms with E-state index in [0.29, 0.717) is 12.2 Å². The van der Waals surface area contributed by atoms with E-state index < -0.39 is 0 Å². The quantitative estimate of drug-likeness (QED) is 0.797. The van der Waals surface area contributed by atoms with Crippen LogP contribution >= 0.6 is 15.9 Å². The Morgan fingerprint density at radius 2 is 1.73 bits per heavy atom. The lowest BCUT2D eigenvalue weighted by atomic mass is 9.80. The summed E-state index contributed by atoms with van der Waals surface area (Å²) >= 11 is 3.65. The highest BCUT2D eigenvalue weighted by Crippen LogP contribution is 2.37. The molecule has 1 fully saturated rings. The lowest BCUT2D eigenvalue weighted by molar-refractivity contribution is -0.125. The molecule has 0 aliphatic heterocycles. The summed E-state index contributed by atoms with van der Waals surface area (Å²) in [5, 5.41) is 3.59. The maximum atomic E-state index is 12.5. The van der Waals surface area contributed by atoms with Gasteiger partial charge in [-0.15, -0.1) is 0 Å². The fraction of sp³-hybridized carbons (Fsp3) is 0.316. The number of halogens is 1. The van der Waals surface area contributed by atoms with Crippen LogP contribution < -0.4 is 5.32 Å². The summed E-state index contributed by atoms with van der Waals surface area (Å²) in [4.78, 5) is 12.5. The predicted molar refractivity (Wildman–Crippen MR) is 93.9 cm³/mol. The first-order chi connectivity index (χ1) is 10.8. The van der Waals surface area contributed by atoms with Gasteiger partial charge in [-0.2, -0.15) is 0 Å². The van der Waals surface area contributed by atoms with Crippen LogP contribution in [-0.2, 0) is 4.79 Å². The second-order valence-electron chi connectivity index (χ2n) is 5.83. The molecule has 0 bridgehead atoms. The van der Waals surface area contributed by atoms with Gasteiger partial charge in [-0.3, -0.25) is 4.79 Å². The second kappa shape index (κ2) is 7.10. The van der Waals surface area contributed by atoms with E-state index in [9.17, 15) is 4.79 Å². The molecule has 2 atom stereocenters. The molecule has 2 nitrogen and oxygen atoms in total. The number of carbonyl (C=O) groups is 1. The molecule has 2 aromatic carbocycles. The molecule has 0 amide bonds. The van der Waals surface area contributed by atoms with Crippen LogP contribution in [0.25, 0.3) is 0 Å². The van der Waals surface area contributed by atoms with Crippen molar-refractivity contribution in [2.75, 3.05) is 5.32 Å². The molecule has 3 rings (SSSR count). The molecule has 0 spiro atoms. The van der Waals surface area contributed by atoms with E-state index >= 15 is 0 Å². The van der Waals surface area contributed by atoms with Crippen molar-refractivity contribution in [2.24, 2.45) is 5.92 Å². The summed E-state index contributed by atoms with van der Waals surface area (Å²) in [5.41, 5.74) is 2.22. The summed E-state index contributed by atoms with van der Waals surface area (Å²) < 4.78 is 1.06. The molecule has 3 heteroatoms. The van der Waals surface area contributed by atoms with Gasteiger partial charge in [0.05, 0.1) is 6.04 Å². The third-order valence-electron chi connectivity index (χ3n) is 4.34. The zero-order valence-corrected chi connectivity index (χ0v) is 14.1. The number of anilines is 1. The van der Waals surface area contributed by atoms with Crippen LogP contribution in [0, 0.1) is 5.92 Å². The lowest BCUT2D eigenvalue weighted by Gasteiger charge is -2.31. The van der Waals surface area contributed by atoms with E-state index in [1.165, 1.54) is 0 Å². The van der Waals surface area contributed by atoms with Crippen molar-refractivity contribution < 1.29 is 4.79 Å². The van der Waals surface area contributed by atoms with Gasteiger partial charge in [-0.25, -0.2) is 0 Å². The first kappa shape index (κ1) is 15.3. The molecule has 1 aliphatic carbocycles. The standard InChI is InChI=1S/C19H20BrNO/c20-17-12-6-4-10-15(17)19(16-11-5-7-13-18(16)22)21-14-8-2-1-3-9-14/h1-4,6,8-10,12,16,19,21H,5,7,11,13H2. The van der Waals surface area contributed by atoms with Crippen LogP contribution in [0.2, 0.25) is 0 Å². The number of ketones is 1. The van der Waals surface area contributed by atoms with Crippen molar-refractivity contribution in [2.45, 2.75) is 31.7 Å². The summed E-state index contributed by atoms with van der Waals surface area (Å²) in [7, 11) is 0. The lowest BCUT2D eigenvalue weighted by Crippen LogP contribution is -2.30. The zero-order valence-electron chi connectivity index (χ0n) is 12.5. The van der Waals surface area contributed by atoms with E-state index in [1.807, 2.05) is 36.4 Å². The molecule has 1 N–H and O–H groups in total. The van der Waals surface area contributed by atoms with Crippen LogP contribution in [0.3, 0.4) is 0 Å². The molecule has 0 aromatic heterocycles. The van der Waals surface area contributed by atoms with Crippen LogP contribution in [-0.4, -0.2) is 5.78 Å². The number of Topliss-reactive ketones (excluding diaryl/α,β-unsaturated/α-hetero) is 1. The summed E-state index contributed by atoms with van der Waals surface area (Å²) in [6.45, 7) is 0. The Kier molecular flexibility index (Phi) is 4.94. The molecule has 0 saturated heterocycles. The maximum Gasteiger partial charge on any atom is 0.138 e. The minimum atomic E-state index is 0.0192. The predicted octanol–water partition coefficient (Wildman–Crippen LogP) is 5.36. The topological polar surface area (TPSA) is 29.1 Å². The Morgan fingerprint density at radius 3 is 2.45 bits per heavy atom.